The van der Waals surface area contributed by atoms with Crippen LogP contribution in [0.4, 0.5) is 11.4 Å². The van der Waals surface area contributed by atoms with Crippen LogP contribution in [-0.4, -0.2) is 11.4 Å². The average Bonchev–Trinajstić information content (AvgIpc) is 3.10. The van der Waals surface area contributed by atoms with Gasteiger partial charge in [0.25, 0.3) is 0 Å². The maximum atomic E-state index is 5.25. The third-order valence-corrected chi connectivity index (χ3v) is 9.78. The Morgan fingerprint density at radius 2 is 1.15 bits per heavy atom. The molecule has 0 aliphatic carbocycles. The fraction of sp³-hybridized carbons (Fsp3) is 0.556. The van der Waals surface area contributed by atoms with Gasteiger partial charge in [-0.25, -0.2) is 0 Å². The normalized spacial score (nSPS) is 11.9. The van der Waals surface area contributed by atoms with Crippen LogP contribution in [0.15, 0.2) is 70.6 Å². The van der Waals surface area contributed by atoms with E-state index in [1.54, 1.807) is 0 Å². The quantitative estimate of drug-likeness (QED) is 0.0602. The van der Waals surface area contributed by atoms with Gasteiger partial charge in [0.2, 0.25) is 0 Å². The Morgan fingerprint density at radius 3 is 1.73 bits per heavy atom. The number of unbranched alkanes of at least 4 members (excludes halogenated alkanes) is 6. The first-order valence-corrected chi connectivity index (χ1v) is 20.8. The van der Waals surface area contributed by atoms with Crippen LogP contribution in [0.3, 0.4) is 0 Å². The zero-order valence-electron chi connectivity index (χ0n) is 32.0. The van der Waals surface area contributed by atoms with Crippen molar-refractivity contribution >= 4 is 22.8 Å². The standard InChI is InChI=1S/C41H58N2.2C2H5.Ni/c1-7-12-16-18-22-34-27-33(21-13-8-2)28-37(29-34)43-41(11-5)32(6)42-38-30-36(23-14-9-3)39(26-15-10-4)40(31-38)35-24-19-17-20-25-35;2*1-2;/h17,19-20,24-25,27-31H,7-16,18,21-23,26H2,1-6H3;2*1H2,2H3;. The van der Waals surface area contributed by atoms with E-state index in [1.165, 1.54) is 108 Å². The second-order valence-electron chi connectivity index (χ2n) is 12.8. The number of rotatable bonds is 21. The second kappa shape index (κ2) is 25.5. The molecule has 268 valence electrons. The number of nitrogens with zero attached hydrogens (tertiary/aromatic N) is 2. The van der Waals surface area contributed by atoms with E-state index >= 15 is 0 Å². The summed E-state index contributed by atoms with van der Waals surface area (Å²) in [7, 11) is 0. The molecule has 0 saturated heterocycles. The first-order chi connectivity index (χ1) is 23.4. The Hall–Kier alpha value is -2.51. The molecule has 0 aromatic heterocycles. The van der Waals surface area contributed by atoms with Crippen molar-refractivity contribution in [3.63, 3.8) is 0 Å². The van der Waals surface area contributed by atoms with Crippen LogP contribution in [-0.2, 0) is 40.1 Å². The van der Waals surface area contributed by atoms with Crippen LogP contribution in [0, 0.1) is 0 Å². The third-order valence-electron chi connectivity index (χ3n) is 8.80. The van der Waals surface area contributed by atoms with Gasteiger partial charge in [0, 0.05) is 0 Å². The zero-order chi connectivity index (χ0) is 35.0. The first kappa shape index (κ1) is 41.7. The number of aliphatic imine (C=N–C) groups is 2. The molecule has 0 fully saturated rings. The molecule has 3 heteroatoms. The molecule has 0 amide bonds. The molecular weight excluding hydrogens is 627 g/mol. The van der Waals surface area contributed by atoms with Crippen LogP contribution in [0.2, 0.25) is 10.8 Å². The molecule has 0 N–H and O–H groups in total. The molecule has 2 nitrogen and oxygen atoms in total. The molecule has 0 aliphatic heterocycles. The maximum absolute atomic E-state index is 5.25. The van der Waals surface area contributed by atoms with Crippen molar-refractivity contribution in [3.8, 4) is 11.1 Å². The van der Waals surface area contributed by atoms with E-state index in [0.29, 0.717) is 0 Å². The molecule has 3 aromatic carbocycles. The van der Waals surface area contributed by atoms with Gasteiger partial charge in [0.15, 0.2) is 0 Å². The van der Waals surface area contributed by atoms with Crippen molar-refractivity contribution in [1.29, 1.82) is 0 Å². The van der Waals surface area contributed by atoms with E-state index in [-0.39, 0.29) is 0 Å². The molecular formula is C45H68N2Ni. The first-order valence-electron chi connectivity index (χ1n) is 19.4. The SMILES string of the molecule is CCCCCCc1cc(CCCC)cc(N=C(CC)C(C)=Nc2cc(CCCC)c(CCCC)c(-c3ccccc3)c2)c1.C[CH2][Ni][CH2]C. The average molecular weight is 696 g/mol. The summed E-state index contributed by atoms with van der Waals surface area (Å²) < 4.78 is 0. The van der Waals surface area contributed by atoms with Gasteiger partial charge >= 0.3 is 39.1 Å². The van der Waals surface area contributed by atoms with Gasteiger partial charge in [-0.05, 0) is 122 Å². The van der Waals surface area contributed by atoms with E-state index < -0.39 is 0 Å². The van der Waals surface area contributed by atoms with Crippen molar-refractivity contribution in [1.82, 2.24) is 0 Å². The monoisotopic (exact) mass is 694 g/mol. The number of benzene rings is 3. The Kier molecular flexibility index (Phi) is 22.1. The van der Waals surface area contributed by atoms with Gasteiger partial charge in [-0.2, -0.15) is 0 Å². The summed E-state index contributed by atoms with van der Waals surface area (Å²) in [6.45, 7) is 17.9. The summed E-state index contributed by atoms with van der Waals surface area (Å²) >= 11 is 1.82. The van der Waals surface area contributed by atoms with Crippen LogP contribution < -0.4 is 0 Å². The number of hydrogen-bond acceptors (Lipinski definition) is 2. The molecule has 0 radical (unpaired) electrons. The van der Waals surface area contributed by atoms with E-state index in [0.717, 1.165) is 54.9 Å². The predicted octanol–water partition coefficient (Wildman–Crippen LogP) is 14.7. The van der Waals surface area contributed by atoms with Crippen molar-refractivity contribution < 1.29 is 14.4 Å². The molecule has 0 unspecified atom stereocenters. The number of hydrogen-bond donors (Lipinski definition) is 0. The van der Waals surface area contributed by atoms with Crippen molar-refractivity contribution in [3.05, 3.63) is 82.9 Å². The molecule has 48 heavy (non-hydrogen) atoms. The topological polar surface area (TPSA) is 24.7 Å². The van der Waals surface area contributed by atoms with Crippen molar-refractivity contribution in [2.45, 2.75) is 162 Å². The molecule has 3 aromatic rings. The van der Waals surface area contributed by atoms with Gasteiger partial charge in [0.05, 0.1) is 22.8 Å². The second-order valence-corrected chi connectivity index (χ2v) is 14.7. The summed E-state index contributed by atoms with van der Waals surface area (Å²) in [5.41, 5.74) is 12.7. The number of aryl methyl sites for hydroxylation is 3. The molecule has 3 rings (SSSR count). The van der Waals surface area contributed by atoms with Gasteiger partial charge in [-0.3, -0.25) is 9.98 Å². The summed E-state index contributed by atoms with van der Waals surface area (Å²) in [5.74, 6) is 0. The third kappa shape index (κ3) is 15.4. The predicted molar refractivity (Wildman–Crippen MR) is 213 cm³/mol. The van der Waals surface area contributed by atoms with E-state index in [1.807, 2.05) is 14.4 Å². The Labute approximate surface area is 302 Å². The van der Waals surface area contributed by atoms with Crippen LogP contribution in [0.1, 0.15) is 148 Å². The van der Waals surface area contributed by atoms with Crippen molar-refractivity contribution in [2.24, 2.45) is 9.98 Å². The van der Waals surface area contributed by atoms with Crippen LogP contribution in [0.25, 0.3) is 11.1 Å². The van der Waals surface area contributed by atoms with Gasteiger partial charge in [0.1, 0.15) is 0 Å². The summed E-state index contributed by atoms with van der Waals surface area (Å²) in [6, 6.07) is 22.7. The van der Waals surface area contributed by atoms with Gasteiger partial charge in [-0.1, -0.05) is 110 Å². The van der Waals surface area contributed by atoms with Gasteiger partial charge < -0.3 is 0 Å². The summed E-state index contributed by atoms with van der Waals surface area (Å²) in [6.07, 6.45) is 17.8. The zero-order valence-corrected chi connectivity index (χ0v) is 33.0. The van der Waals surface area contributed by atoms with Gasteiger partial charge in [-0.15, -0.1) is 0 Å². The Bertz CT molecular complexity index is 1350. The molecule has 0 bridgehead atoms. The molecule has 0 saturated carbocycles. The summed E-state index contributed by atoms with van der Waals surface area (Å²) in [5, 5.41) is 2.56. The van der Waals surface area contributed by atoms with E-state index in [2.05, 4.69) is 116 Å². The molecule has 0 heterocycles. The van der Waals surface area contributed by atoms with E-state index in [4.69, 9.17) is 9.98 Å². The summed E-state index contributed by atoms with van der Waals surface area (Å²) in [4.78, 5) is 10.5. The van der Waals surface area contributed by atoms with E-state index in [9.17, 15) is 0 Å². The van der Waals surface area contributed by atoms with Crippen LogP contribution in [0.5, 0.6) is 0 Å². The van der Waals surface area contributed by atoms with Crippen molar-refractivity contribution in [2.75, 3.05) is 0 Å². The Balaban J connectivity index is 0.00000149. The molecule has 0 spiro atoms. The Morgan fingerprint density at radius 1 is 0.562 bits per heavy atom. The fourth-order valence-electron chi connectivity index (χ4n) is 6.12. The molecule has 0 aliphatic rings. The minimum atomic E-state index is 0.864. The van der Waals surface area contributed by atoms with Crippen LogP contribution >= 0.6 is 0 Å². The fourth-order valence-corrected chi connectivity index (χ4v) is 6.61. The minimum absolute atomic E-state index is 0.864. The molecule has 0 atom stereocenters.